The first-order chi connectivity index (χ1) is 13.3. The predicted molar refractivity (Wildman–Crippen MR) is 99.6 cm³/mol. The van der Waals surface area contributed by atoms with Crippen molar-refractivity contribution in [3.63, 3.8) is 0 Å². The van der Waals surface area contributed by atoms with Gasteiger partial charge in [-0.3, -0.25) is 4.79 Å². The molecular weight excluding hydrogens is 367 g/mol. The maximum Gasteiger partial charge on any atom is 0.430 e. The van der Waals surface area contributed by atoms with Crippen molar-refractivity contribution in [3.05, 3.63) is 23.3 Å². The molecule has 5 N–H and O–H groups in total. The molecule has 0 aromatic heterocycles. The zero-order chi connectivity index (χ0) is 19.9. The average molecular weight is 393 g/mol. The van der Waals surface area contributed by atoms with Crippen LogP contribution in [0.1, 0.15) is 36.7 Å². The highest BCUT2D eigenvalue weighted by Crippen LogP contribution is 2.41. The SMILES string of the molecule is O=C(C[C@@H]1CCCN1)N1CC(Oc2ccc3c(c2C(O)O)O[B-](O)(O)CC3)C1. The Hall–Kier alpha value is -1.85. The van der Waals surface area contributed by atoms with Gasteiger partial charge in [0.2, 0.25) is 5.91 Å². The first-order valence-corrected chi connectivity index (χ1v) is 9.81. The Morgan fingerprint density at radius 1 is 1.36 bits per heavy atom. The van der Waals surface area contributed by atoms with E-state index in [0.29, 0.717) is 31.5 Å². The molecule has 9 nitrogen and oxygen atoms in total. The standard InChI is InChI=1S/C18H26BN2O7/c22-15(8-12-2-1-7-20-12)21-9-13(10-21)27-14-4-3-11-5-6-19(25,26)28-17(11)16(14)18(23)24/h3-4,12-13,18,20,23-26H,1-2,5-10H2/q-1/t12-/m0/s1. The van der Waals surface area contributed by atoms with Gasteiger partial charge in [0.25, 0.3) is 0 Å². The van der Waals surface area contributed by atoms with Crippen molar-refractivity contribution < 1.29 is 34.4 Å². The summed E-state index contributed by atoms with van der Waals surface area (Å²) in [6.45, 7) is -1.22. The summed E-state index contributed by atoms with van der Waals surface area (Å²) in [5.74, 6) is 0.337. The number of carbonyl (C=O) groups is 1. The number of aliphatic hydroxyl groups is 2. The number of nitrogens with zero attached hydrogens (tertiary/aromatic N) is 1. The Morgan fingerprint density at radius 3 is 2.82 bits per heavy atom. The first-order valence-electron chi connectivity index (χ1n) is 9.81. The second-order valence-electron chi connectivity index (χ2n) is 7.89. The van der Waals surface area contributed by atoms with Crippen LogP contribution in [-0.4, -0.2) is 69.6 Å². The number of amides is 1. The van der Waals surface area contributed by atoms with Gasteiger partial charge in [-0.2, -0.15) is 0 Å². The van der Waals surface area contributed by atoms with Gasteiger partial charge < -0.3 is 39.9 Å². The molecule has 0 aliphatic carbocycles. The lowest BCUT2D eigenvalue weighted by Crippen LogP contribution is -2.57. The van der Waals surface area contributed by atoms with E-state index in [2.05, 4.69) is 5.32 Å². The lowest BCUT2D eigenvalue weighted by atomic mass is 9.70. The van der Waals surface area contributed by atoms with Crippen molar-refractivity contribution in [1.29, 1.82) is 0 Å². The minimum absolute atomic E-state index is 0.0218. The van der Waals surface area contributed by atoms with Crippen molar-refractivity contribution >= 4 is 12.7 Å². The molecule has 28 heavy (non-hydrogen) atoms. The van der Waals surface area contributed by atoms with Crippen LogP contribution in [-0.2, 0) is 11.2 Å². The maximum atomic E-state index is 12.3. The Balaban J connectivity index is 1.41. The molecule has 10 heteroatoms. The molecule has 3 aliphatic heterocycles. The van der Waals surface area contributed by atoms with Crippen LogP contribution in [0.2, 0.25) is 6.32 Å². The van der Waals surface area contributed by atoms with E-state index >= 15 is 0 Å². The number of ether oxygens (including phenoxy) is 1. The minimum atomic E-state index is -3.03. The third-order valence-electron chi connectivity index (χ3n) is 5.67. The van der Waals surface area contributed by atoms with Gasteiger partial charge in [-0.05, 0) is 37.4 Å². The molecule has 0 radical (unpaired) electrons. The molecule has 4 rings (SSSR count). The third kappa shape index (κ3) is 3.96. The van der Waals surface area contributed by atoms with Crippen LogP contribution in [0.5, 0.6) is 11.5 Å². The van der Waals surface area contributed by atoms with Gasteiger partial charge in [0.05, 0.1) is 24.4 Å². The molecule has 0 bridgehead atoms. The van der Waals surface area contributed by atoms with Crippen LogP contribution >= 0.6 is 0 Å². The summed E-state index contributed by atoms with van der Waals surface area (Å²) in [7, 11) is 0. The van der Waals surface area contributed by atoms with Gasteiger partial charge in [-0.15, -0.1) is 0 Å². The monoisotopic (exact) mass is 393 g/mol. The molecule has 0 spiro atoms. The lowest BCUT2D eigenvalue weighted by Gasteiger charge is -2.41. The highest BCUT2D eigenvalue weighted by molar-refractivity contribution is 6.58. The van der Waals surface area contributed by atoms with E-state index in [9.17, 15) is 25.1 Å². The summed E-state index contributed by atoms with van der Waals surface area (Å²) in [5, 5.41) is 42.5. The Morgan fingerprint density at radius 2 is 2.14 bits per heavy atom. The molecule has 2 fully saturated rings. The molecule has 154 valence electrons. The smallest absolute Gasteiger partial charge is 0.430 e. The number of aliphatic hydroxyl groups excluding tert-OH is 1. The molecule has 1 atom stereocenters. The van der Waals surface area contributed by atoms with Crippen molar-refractivity contribution in [3.8, 4) is 11.5 Å². The van der Waals surface area contributed by atoms with E-state index in [1.807, 2.05) is 0 Å². The van der Waals surface area contributed by atoms with Crippen molar-refractivity contribution in [2.24, 2.45) is 0 Å². The number of nitrogens with one attached hydrogen (secondary N) is 1. The van der Waals surface area contributed by atoms with E-state index in [0.717, 1.165) is 19.4 Å². The first kappa shape index (κ1) is 19.5. The largest absolute Gasteiger partial charge is 0.670 e. The Bertz CT molecular complexity index is 746. The summed E-state index contributed by atoms with van der Waals surface area (Å²) in [6, 6.07) is 3.59. The van der Waals surface area contributed by atoms with Crippen molar-refractivity contribution in [2.75, 3.05) is 19.6 Å². The topological polar surface area (TPSA) is 132 Å². The quantitative estimate of drug-likeness (QED) is 0.327. The van der Waals surface area contributed by atoms with E-state index < -0.39 is 13.0 Å². The number of fused-ring (bicyclic) bond motifs is 1. The zero-order valence-electron chi connectivity index (χ0n) is 15.6. The number of likely N-dealkylation sites (tertiary alicyclic amines) is 1. The highest BCUT2D eigenvalue weighted by Gasteiger charge is 2.36. The van der Waals surface area contributed by atoms with Crippen LogP contribution < -0.4 is 14.7 Å². The van der Waals surface area contributed by atoms with Crippen molar-refractivity contribution in [2.45, 2.75) is 50.4 Å². The fourth-order valence-corrected chi connectivity index (χ4v) is 4.07. The molecule has 2 saturated heterocycles. The number of benzene rings is 1. The van der Waals surface area contributed by atoms with E-state index in [1.54, 1.807) is 17.0 Å². The molecular formula is C18H26BN2O7-. The van der Waals surface area contributed by atoms with E-state index in [4.69, 9.17) is 9.39 Å². The predicted octanol–water partition coefficient (Wildman–Crippen LogP) is -0.740. The van der Waals surface area contributed by atoms with E-state index in [-0.39, 0.29) is 41.4 Å². The molecule has 3 heterocycles. The van der Waals surface area contributed by atoms with Gasteiger partial charge in [-0.25, -0.2) is 0 Å². The highest BCUT2D eigenvalue weighted by atomic mass is 16.6. The van der Waals surface area contributed by atoms with Crippen molar-refractivity contribution in [1.82, 2.24) is 10.2 Å². The molecule has 3 aliphatic rings. The fourth-order valence-electron chi connectivity index (χ4n) is 4.07. The summed E-state index contributed by atoms with van der Waals surface area (Å²) < 4.78 is 11.1. The van der Waals surface area contributed by atoms with Gasteiger partial charge in [0, 0.05) is 12.5 Å². The number of hydrogen-bond acceptors (Lipinski definition) is 8. The fraction of sp³-hybridized carbons (Fsp3) is 0.611. The number of hydrogen-bond donors (Lipinski definition) is 5. The van der Waals surface area contributed by atoms with Crippen LogP contribution in [0, 0.1) is 0 Å². The maximum absolute atomic E-state index is 12.3. The average Bonchev–Trinajstić information content (AvgIpc) is 3.08. The summed E-state index contributed by atoms with van der Waals surface area (Å²) in [6.07, 6.45) is 0.842. The second kappa shape index (κ2) is 7.53. The van der Waals surface area contributed by atoms with Gasteiger partial charge >= 0.3 is 6.75 Å². The van der Waals surface area contributed by atoms with Crippen LogP contribution in [0.4, 0.5) is 0 Å². The Kier molecular flexibility index (Phi) is 5.23. The van der Waals surface area contributed by atoms with Gasteiger partial charge in [0.15, 0.2) is 6.29 Å². The normalized spacial score (nSPS) is 23.9. The summed E-state index contributed by atoms with van der Waals surface area (Å²) in [5.41, 5.74) is 0.636. The molecule has 1 aromatic rings. The summed E-state index contributed by atoms with van der Waals surface area (Å²) in [4.78, 5) is 14.0. The summed E-state index contributed by atoms with van der Waals surface area (Å²) >= 11 is 0. The Labute approximate surface area is 162 Å². The molecule has 1 aromatic carbocycles. The number of carbonyl (C=O) groups excluding carboxylic acids is 1. The lowest BCUT2D eigenvalue weighted by molar-refractivity contribution is -0.140. The zero-order valence-corrected chi connectivity index (χ0v) is 15.6. The third-order valence-corrected chi connectivity index (χ3v) is 5.67. The van der Waals surface area contributed by atoms with Gasteiger partial charge in [-0.1, -0.05) is 12.4 Å². The van der Waals surface area contributed by atoms with Gasteiger partial charge in [0.1, 0.15) is 11.9 Å². The molecule has 0 unspecified atom stereocenters. The number of aryl methyl sites for hydroxylation is 1. The number of rotatable bonds is 5. The molecule has 1 amide bonds. The van der Waals surface area contributed by atoms with Crippen LogP contribution in [0.15, 0.2) is 12.1 Å². The second-order valence-corrected chi connectivity index (χ2v) is 7.89. The minimum Gasteiger partial charge on any atom is -0.670 e. The van der Waals surface area contributed by atoms with Crippen LogP contribution in [0.25, 0.3) is 0 Å². The molecule has 0 saturated carbocycles. The van der Waals surface area contributed by atoms with E-state index in [1.165, 1.54) is 0 Å². The van der Waals surface area contributed by atoms with Crippen LogP contribution in [0.3, 0.4) is 0 Å².